The number of hydrogen-bond donors (Lipinski definition) is 0. The zero-order chi connectivity index (χ0) is 35.3. The van der Waals surface area contributed by atoms with Crippen molar-refractivity contribution < 1.29 is 18.3 Å². The summed E-state index contributed by atoms with van der Waals surface area (Å²) in [5.41, 5.74) is 12.6. The third kappa shape index (κ3) is 5.28. The Morgan fingerprint density at radius 3 is 1.65 bits per heavy atom. The van der Waals surface area contributed by atoms with Crippen LogP contribution in [0.2, 0.25) is 20.1 Å². The molecule has 0 spiro atoms. The van der Waals surface area contributed by atoms with Crippen molar-refractivity contribution in [2.45, 2.75) is 92.9 Å². The number of aryl methyl sites for hydroxylation is 1. The summed E-state index contributed by atoms with van der Waals surface area (Å²) in [6.07, 6.45) is 8.38. The first-order valence-electron chi connectivity index (χ1n) is 16.8. The molecule has 0 heterocycles. The monoisotopic (exact) mass is 792 g/mol. The van der Waals surface area contributed by atoms with E-state index in [9.17, 15) is 0 Å². The van der Waals surface area contributed by atoms with E-state index in [1.165, 1.54) is 51.1 Å². The van der Waals surface area contributed by atoms with Crippen LogP contribution < -0.4 is 9.81 Å². The van der Waals surface area contributed by atoms with E-state index in [4.69, 9.17) is 50.6 Å². The van der Waals surface area contributed by atoms with Gasteiger partial charge in [0.2, 0.25) is 0 Å². The third-order valence-electron chi connectivity index (χ3n) is 11.3. The van der Waals surface area contributed by atoms with E-state index in [0.717, 1.165) is 30.5 Å². The van der Waals surface area contributed by atoms with E-state index in [1.54, 1.807) is 0 Å². The van der Waals surface area contributed by atoms with Gasteiger partial charge in [-0.1, -0.05) is 0 Å². The molecule has 0 unspecified atom stereocenters. The summed E-state index contributed by atoms with van der Waals surface area (Å²) >= 11 is 22.9. The van der Waals surface area contributed by atoms with Gasteiger partial charge in [-0.2, -0.15) is 0 Å². The van der Waals surface area contributed by atoms with Crippen molar-refractivity contribution in [3.05, 3.63) is 129 Å². The summed E-state index contributed by atoms with van der Waals surface area (Å²) in [6.45, 7) is 22.7. The maximum absolute atomic E-state index is 7.12. The van der Waals surface area contributed by atoms with Crippen molar-refractivity contribution in [3.63, 3.8) is 0 Å². The minimum absolute atomic E-state index is 0.0162. The van der Waals surface area contributed by atoms with Crippen LogP contribution in [-0.4, -0.2) is 4.21 Å². The molecule has 0 amide bonds. The molecule has 0 aliphatic heterocycles. The van der Waals surface area contributed by atoms with E-state index >= 15 is 0 Å². The predicted octanol–water partition coefficient (Wildman–Crippen LogP) is 11.9. The molecule has 0 nitrogen and oxygen atoms in total. The second-order valence-electron chi connectivity index (χ2n) is 16.4. The van der Waals surface area contributed by atoms with Gasteiger partial charge in [0, 0.05) is 0 Å². The van der Waals surface area contributed by atoms with Gasteiger partial charge in [0.05, 0.1) is 0 Å². The molecule has 2 aliphatic carbocycles. The van der Waals surface area contributed by atoms with Gasteiger partial charge in [-0.15, -0.1) is 0 Å². The molecule has 0 saturated heterocycles. The Morgan fingerprint density at radius 1 is 0.646 bits per heavy atom. The minimum atomic E-state index is -5.40. The third-order valence-corrected chi connectivity index (χ3v) is 29.6. The van der Waals surface area contributed by atoms with Crippen LogP contribution in [0.15, 0.2) is 64.0 Å². The van der Waals surface area contributed by atoms with Gasteiger partial charge in [-0.3, -0.25) is 0 Å². The van der Waals surface area contributed by atoms with E-state index in [0.29, 0.717) is 20.1 Å². The van der Waals surface area contributed by atoms with Crippen LogP contribution in [0, 0.1) is 27.7 Å². The summed E-state index contributed by atoms with van der Waals surface area (Å²) in [5.74, 6) is 0. The normalized spacial score (nSPS) is 14.8. The van der Waals surface area contributed by atoms with Crippen molar-refractivity contribution in [2.75, 3.05) is 0 Å². The van der Waals surface area contributed by atoms with Gasteiger partial charge in [0.1, 0.15) is 0 Å². The Bertz CT molecular complexity index is 2120. The van der Waals surface area contributed by atoms with Crippen LogP contribution >= 0.6 is 46.4 Å². The van der Waals surface area contributed by atoms with Gasteiger partial charge in [0.25, 0.3) is 0 Å². The number of rotatable bonds is 4. The molecule has 4 aromatic carbocycles. The van der Waals surface area contributed by atoms with Crippen molar-refractivity contribution in [2.24, 2.45) is 0 Å². The predicted molar refractivity (Wildman–Crippen MR) is 212 cm³/mol. The maximum atomic E-state index is 7.12. The molecule has 0 aromatic heterocycles. The standard InChI is InChI=1S/C23H29.2C7H5Cl2.C5H5.CH2.Zr/c1-14-9-16-11-17-10-15(2)21(23(6,7)8)13-19(17)18(16)12-20(14)22(3,4)5;2*1-5-2-3-6(8)4-7(5)9;1-2-4-5-3-1;;/h9,12-13H,11H2,1-8H3;2*3-4H,1H3;1-3H,4H2;1H2;. The molecule has 250 valence electrons. The molecule has 2 aliphatic rings. The van der Waals surface area contributed by atoms with E-state index < -0.39 is 18.3 Å². The van der Waals surface area contributed by atoms with E-state index in [-0.39, 0.29) is 10.8 Å². The summed E-state index contributed by atoms with van der Waals surface area (Å²) in [4.78, 5) is 0. The van der Waals surface area contributed by atoms with Crippen molar-refractivity contribution in [3.8, 4) is 11.1 Å². The molecular weight excluding hydrogens is 750 g/mol. The van der Waals surface area contributed by atoms with Crippen LogP contribution in [0.1, 0.15) is 92.5 Å². The molecule has 0 fully saturated rings. The fourth-order valence-corrected chi connectivity index (χ4v) is 29.7. The topological polar surface area (TPSA) is 0 Å². The SMILES string of the molecule is [CH2]=[Zr]([C]1=CC=CC1)([c]1cc(Cl)cc(Cl)c1C)([c]1cc(Cl)cc(Cl)c1C)[c]1c(C)c(C(C)(C)C)cc2c1Cc1cc(C)c(C(C)(C)C)cc1-2. The van der Waals surface area contributed by atoms with Crippen molar-refractivity contribution in [1.82, 2.24) is 0 Å². The number of hydrogen-bond acceptors (Lipinski definition) is 0. The van der Waals surface area contributed by atoms with Gasteiger partial charge < -0.3 is 0 Å². The van der Waals surface area contributed by atoms with Gasteiger partial charge in [0.15, 0.2) is 0 Å². The Labute approximate surface area is 308 Å². The fraction of sp³-hybridized carbons (Fsp3) is 0.326. The summed E-state index contributed by atoms with van der Waals surface area (Å²) in [5, 5.41) is 2.51. The average molecular weight is 796 g/mol. The molecule has 0 saturated carbocycles. The zero-order valence-electron chi connectivity index (χ0n) is 29.9. The van der Waals surface area contributed by atoms with Crippen molar-refractivity contribution in [1.29, 1.82) is 0 Å². The van der Waals surface area contributed by atoms with Crippen LogP contribution in [-0.2, 0) is 35.5 Å². The molecule has 5 heteroatoms. The molecule has 6 rings (SSSR count). The van der Waals surface area contributed by atoms with Crippen LogP contribution in [0.4, 0.5) is 0 Å². The van der Waals surface area contributed by atoms with Crippen LogP contribution in [0.5, 0.6) is 0 Å². The average Bonchev–Trinajstić information content (AvgIpc) is 3.63. The molecule has 0 bridgehead atoms. The second kappa shape index (κ2) is 11.9. The van der Waals surface area contributed by atoms with E-state index in [1.807, 2.05) is 12.1 Å². The zero-order valence-corrected chi connectivity index (χ0v) is 35.4. The quantitative estimate of drug-likeness (QED) is 0.170. The van der Waals surface area contributed by atoms with Crippen LogP contribution in [0.3, 0.4) is 0 Å². The number of allylic oxidation sites excluding steroid dienone is 4. The Balaban J connectivity index is 1.95. The summed E-state index contributed by atoms with van der Waals surface area (Å²) in [7, 11) is 0. The van der Waals surface area contributed by atoms with Gasteiger partial charge in [-0.25, -0.2) is 0 Å². The number of fused-ring (bicyclic) bond motifs is 3. The molecule has 0 atom stereocenters. The Morgan fingerprint density at radius 2 is 1.17 bits per heavy atom. The Kier molecular flexibility index (Phi) is 8.96. The van der Waals surface area contributed by atoms with Gasteiger partial charge >= 0.3 is 311 Å². The summed E-state index contributed by atoms with van der Waals surface area (Å²) in [6, 6.07) is 15.4. The summed E-state index contributed by atoms with van der Waals surface area (Å²) < 4.78 is 10.7. The first kappa shape index (κ1) is 36.1. The van der Waals surface area contributed by atoms with Crippen LogP contribution in [0.25, 0.3) is 11.1 Å². The fourth-order valence-electron chi connectivity index (χ4n) is 9.16. The molecule has 0 N–H and O–H groups in total. The first-order valence-corrected chi connectivity index (χ1v) is 25.0. The number of benzene rings is 4. The van der Waals surface area contributed by atoms with Crippen molar-refractivity contribution >= 4 is 60.4 Å². The number of halogens is 4. The molecule has 0 radical (unpaired) electrons. The molecular formula is C43H46Cl4Zr. The van der Waals surface area contributed by atoms with E-state index in [2.05, 4.69) is 118 Å². The molecule has 48 heavy (non-hydrogen) atoms. The second-order valence-corrected chi connectivity index (χ2v) is 30.7. The molecule has 4 aromatic rings. The first-order chi connectivity index (χ1) is 22.2. The van der Waals surface area contributed by atoms with Gasteiger partial charge in [-0.05, 0) is 0 Å². The Hall–Kier alpha value is -1.73.